The maximum Gasteiger partial charge on any atom is 0.225 e. The molecule has 0 amide bonds. The quantitative estimate of drug-likeness (QED) is 0.806. The Bertz CT molecular complexity index is 505. The number of nitrogens with zero attached hydrogens (tertiary/aromatic N) is 1. The number of benzene rings is 1. The highest BCUT2D eigenvalue weighted by atomic mass is 35.5. The van der Waals surface area contributed by atoms with Crippen LogP contribution < -0.4 is 5.73 Å². The third-order valence-electron chi connectivity index (χ3n) is 2.39. The fraction of sp³-hybridized carbons (Fsp3) is 0.182. The van der Waals surface area contributed by atoms with Gasteiger partial charge in [0.1, 0.15) is 5.69 Å². The zero-order valence-electron chi connectivity index (χ0n) is 8.54. The van der Waals surface area contributed by atoms with Crippen molar-refractivity contribution in [1.29, 1.82) is 0 Å². The molecule has 0 aliphatic heterocycles. The molecule has 1 aromatic heterocycles. The summed E-state index contributed by atoms with van der Waals surface area (Å²) in [5.41, 5.74) is 9.20. The Hall–Kier alpha value is -1.48. The van der Waals surface area contributed by atoms with E-state index in [-0.39, 0.29) is 0 Å². The maximum atomic E-state index is 5.94. The summed E-state index contributed by atoms with van der Waals surface area (Å²) in [6, 6.07) is 5.71. The van der Waals surface area contributed by atoms with Crippen LogP contribution in [0.25, 0.3) is 11.3 Å². The number of aryl methyl sites for hydroxylation is 1. The molecule has 2 rings (SSSR count). The Kier molecular flexibility index (Phi) is 2.40. The monoisotopic (exact) mass is 222 g/mol. The first-order valence-electron chi connectivity index (χ1n) is 4.58. The summed E-state index contributed by atoms with van der Waals surface area (Å²) in [6.45, 7) is 3.83. The normalized spacial score (nSPS) is 10.6. The van der Waals surface area contributed by atoms with Gasteiger partial charge in [0, 0.05) is 16.1 Å². The predicted octanol–water partition coefficient (Wildman–Crippen LogP) is 3.19. The number of nitrogen functional groups attached to an aromatic ring is 1. The first-order chi connectivity index (χ1) is 7.09. The van der Waals surface area contributed by atoms with Gasteiger partial charge in [-0.25, -0.2) is 0 Å². The number of hydrogen-bond donors (Lipinski definition) is 1. The molecule has 0 unspecified atom stereocenters. The second-order valence-corrected chi connectivity index (χ2v) is 3.89. The van der Waals surface area contributed by atoms with E-state index in [9.17, 15) is 0 Å². The van der Waals surface area contributed by atoms with Crippen LogP contribution in [0.15, 0.2) is 22.7 Å². The molecule has 2 aromatic rings. The lowest BCUT2D eigenvalue weighted by atomic mass is 10.1. The molecule has 15 heavy (non-hydrogen) atoms. The van der Waals surface area contributed by atoms with Gasteiger partial charge in [0.05, 0.1) is 0 Å². The van der Waals surface area contributed by atoms with Gasteiger partial charge in [0.15, 0.2) is 0 Å². The van der Waals surface area contributed by atoms with E-state index in [1.807, 2.05) is 32.0 Å². The Morgan fingerprint density at radius 1 is 1.33 bits per heavy atom. The molecule has 0 spiro atoms. The standard InChI is InChI=1S/C11H11ClN2O/c1-6-5-8(3-4-9(6)12)10-7(2)11(13)15-14-10/h3-5H,13H2,1-2H3. The van der Waals surface area contributed by atoms with E-state index in [1.165, 1.54) is 0 Å². The number of hydrogen-bond acceptors (Lipinski definition) is 3. The molecular formula is C11H11ClN2O. The lowest BCUT2D eigenvalue weighted by molar-refractivity contribution is 0.439. The minimum Gasteiger partial charge on any atom is -0.367 e. The van der Waals surface area contributed by atoms with Gasteiger partial charge in [-0.15, -0.1) is 0 Å². The van der Waals surface area contributed by atoms with Crippen LogP contribution in [-0.4, -0.2) is 5.16 Å². The van der Waals surface area contributed by atoms with E-state index < -0.39 is 0 Å². The van der Waals surface area contributed by atoms with E-state index in [0.29, 0.717) is 5.88 Å². The van der Waals surface area contributed by atoms with Gasteiger partial charge in [-0.2, -0.15) is 0 Å². The molecule has 4 heteroatoms. The lowest BCUT2D eigenvalue weighted by Gasteiger charge is -2.01. The fourth-order valence-corrected chi connectivity index (χ4v) is 1.53. The van der Waals surface area contributed by atoms with Crippen LogP contribution in [0.1, 0.15) is 11.1 Å². The van der Waals surface area contributed by atoms with Crippen molar-refractivity contribution in [2.24, 2.45) is 0 Å². The number of aromatic nitrogens is 1. The van der Waals surface area contributed by atoms with Crippen LogP contribution in [0.3, 0.4) is 0 Å². The Morgan fingerprint density at radius 2 is 2.07 bits per heavy atom. The van der Waals surface area contributed by atoms with Crippen LogP contribution in [0.4, 0.5) is 5.88 Å². The predicted molar refractivity (Wildman–Crippen MR) is 60.8 cm³/mol. The summed E-state index contributed by atoms with van der Waals surface area (Å²) < 4.78 is 4.91. The Morgan fingerprint density at radius 3 is 2.60 bits per heavy atom. The van der Waals surface area contributed by atoms with Crippen molar-refractivity contribution in [3.8, 4) is 11.3 Å². The molecule has 0 bridgehead atoms. The smallest absolute Gasteiger partial charge is 0.225 e. The number of nitrogens with two attached hydrogens (primary N) is 1. The van der Waals surface area contributed by atoms with E-state index in [4.69, 9.17) is 21.9 Å². The first kappa shape index (κ1) is 10.1. The maximum absolute atomic E-state index is 5.94. The summed E-state index contributed by atoms with van der Waals surface area (Å²) in [5, 5.41) is 4.66. The summed E-state index contributed by atoms with van der Waals surface area (Å²) >= 11 is 5.94. The molecule has 0 saturated carbocycles. The SMILES string of the molecule is Cc1cc(-c2noc(N)c2C)ccc1Cl. The summed E-state index contributed by atoms with van der Waals surface area (Å²) in [6.07, 6.45) is 0. The zero-order chi connectivity index (χ0) is 11.0. The molecule has 0 fully saturated rings. The van der Waals surface area contributed by atoms with Crippen LogP contribution in [0.2, 0.25) is 5.02 Å². The lowest BCUT2D eigenvalue weighted by Crippen LogP contribution is -1.86. The van der Waals surface area contributed by atoms with E-state index in [2.05, 4.69) is 5.16 Å². The summed E-state index contributed by atoms with van der Waals surface area (Å²) in [5.74, 6) is 0.359. The van der Waals surface area contributed by atoms with Crippen molar-refractivity contribution in [1.82, 2.24) is 5.16 Å². The first-order valence-corrected chi connectivity index (χ1v) is 4.95. The Balaban J connectivity index is 2.55. The molecule has 0 aliphatic carbocycles. The zero-order valence-corrected chi connectivity index (χ0v) is 9.30. The molecular weight excluding hydrogens is 212 g/mol. The average Bonchev–Trinajstić information content (AvgIpc) is 2.53. The molecule has 2 N–H and O–H groups in total. The van der Waals surface area contributed by atoms with Crippen LogP contribution in [0.5, 0.6) is 0 Å². The van der Waals surface area contributed by atoms with Gasteiger partial charge >= 0.3 is 0 Å². The molecule has 0 aliphatic rings. The molecule has 1 aromatic carbocycles. The summed E-state index contributed by atoms with van der Waals surface area (Å²) in [7, 11) is 0. The number of halogens is 1. The second kappa shape index (κ2) is 3.59. The second-order valence-electron chi connectivity index (χ2n) is 3.48. The molecule has 0 atom stereocenters. The largest absolute Gasteiger partial charge is 0.367 e. The third kappa shape index (κ3) is 1.70. The topological polar surface area (TPSA) is 52.0 Å². The molecule has 1 heterocycles. The highest BCUT2D eigenvalue weighted by Crippen LogP contribution is 2.28. The van der Waals surface area contributed by atoms with Crippen LogP contribution >= 0.6 is 11.6 Å². The van der Waals surface area contributed by atoms with E-state index in [0.717, 1.165) is 27.4 Å². The van der Waals surface area contributed by atoms with Crippen molar-refractivity contribution in [2.75, 3.05) is 5.73 Å². The van der Waals surface area contributed by atoms with Gasteiger partial charge in [-0.1, -0.05) is 22.8 Å². The van der Waals surface area contributed by atoms with Gasteiger partial charge in [-0.05, 0) is 31.5 Å². The molecule has 0 radical (unpaired) electrons. The Labute approximate surface area is 92.8 Å². The van der Waals surface area contributed by atoms with Crippen molar-refractivity contribution in [3.63, 3.8) is 0 Å². The minimum absolute atomic E-state index is 0.359. The average molecular weight is 223 g/mol. The number of anilines is 1. The van der Waals surface area contributed by atoms with Crippen molar-refractivity contribution in [2.45, 2.75) is 13.8 Å². The van der Waals surface area contributed by atoms with Crippen molar-refractivity contribution < 1.29 is 4.52 Å². The van der Waals surface area contributed by atoms with Crippen LogP contribution in [-0.2, 0) is 0 Å². The van der Waals surface area contributed by atoms with E-state index >= 15 is 0 Å². The summed E-state index contributed by atoms with van der Waals surface area (Å²) in [4.78, 5) is 0. The van der Waals surface area contributed by atoms with Gasteiger partial charge in [0.25, 0.3) is 0 Å². The van der Waals surface area contributed by atoms with Gasteiger partial charge in [0.2, 0.25) is 5.88 Å². The molecule has 78 valence electrons. The van der Waals surface area contributed by atoms with E-state index in [1.54, 1.807) is 0 Å². The van der Waals surface area contributed by atoms with Crippen molar-refractivity contribution >= 4 is 17.5 Å². The minimum atomic E-state index is 0.359. The fourth-order valence-electron chi connectivity index (χ4n) is 1.41. The van der Waals surface area contributed by atoms with Crippen molar-refractivity contribution in [3.05, 3.63) is 34.3 Å². The van der Waals surface area contributed by atoms with Gasteiger partial charge in [-0.3, -0.25) is 0 Å². The highest BCUT2D eigenvalue weighted by Gasteiger charge is 2.11. The van der Waals surface area contributed by atoms with Gasteiger partial charge < -0.3 is 10.3 Å². The highest BCUT2D eigenvalue weighted by molar-refractivity contribution is 6.31. The third-order valence-corrected chi connectivity index (χ3v) is 2.82. The van der Waals surface area contributed by atoms with Crippen LogP contribution in [0, 0.1) is 13.8 Å². The molecule has 3 nitrogen and oxygen atoms in total. The number of rotatable bonds is 1. The molecule has 0 saturated heterocycles.